The summed E-state index contributed by atoms with van der Waals surface area (Å²) in [6.45, 7) is 3.27. The molecular formula is C14H19NO5. The largest absolute Gasteiger partial charge is 0.493 e. The number of carbonyl (C=O) groups is 2. The van der Waals surface area contributed by atoms with Gasteiger partial charge in [0.1, 0.15) is 6.04 Å². The lowest BCUT2D eigenvalue weighted by atomic mass is 10.0. The molecule has 0 saturated carbocycles. The van der Waals surface area contributed by atoms with Crippen molar-refractivity contribution in [1.29, 1.82) is 0 Å². The Morgan fingerprint density at radius 2 is 2.05 bits per heavy atom. The van der Waals surface area contributed by atoms with Crippen LogP contribution in [0.5, 0.6) is 11.5 Å². The fraction of sp³-hybridized carbons (Fsp3) is 0.429. The highest BCUT2D eigenvalue weighted by atomic mass is 16.6. The van der Waals surface area contributed by atoms with Gasteiger partial charge in [0.25, 0.3) is 0 Å². The van der Waals surface area contributed by atoms with Gasteiger partial charge in [0, 0.05) is 18.9 Å². The van der Waals surface area contributed by atoms with E-state index in [9.17, 15) is 9.59 Å². The van der Waals surface area contributed by atoms with E-state index < -0.39 is 18.0 Å². The summed E-state index contributed by atoms with van der Waals surface area (Å²) in [6, 6.07) is 4.30. The number of benzene rings is 1. The molecule has 1 aromatic carbocycles. The predicted molar refractivity (Wildman–Crippen MR) is 72.6 cm³/mol. The normalized spacial score (nSPS) is 11.6. The minimum absolute atomic E-state index is 0.193. The van der Waals surface area contributed by atoms with E-state index in [0.29, 0.717) is 11.3 Å². The van der Waals surface area contributed by atoms with Gasteiger partial charge in [-0.1, -0.05) is 12.1 Å². The molecule has 0 aliphatic carbocycles. The molecule has 20 heavy (non-hydrogen) atoms. The Morgan fingerprint density at radius 1 is 1.35 bits per heavy atom. The monoisotopic (exact) mass is 281 g/mol. The highest BCUT2D eigenvalue weighted by molar-refractivity contribution is 5.76. The van der Waals surface area contributed by atoms with E-state index in [4.69, 9.17) is 19.9 Å². The predicted octanol–water partition coefficient (Wildman–Crippen LogP) is 1.05. The van der Waals surface area contributed by atoms with Crippen LogP contribution >= 0.6 is 0 Å². The number of rotatable bonds is 6. The summed E-state index contributed by atoms with van der Waals surface area (Å²) in [7, 11) is 1.47. The van der Waals surface area contributed by atoms with Crippen LogP contribution in [0.25, 0.3) is 0 Å². The minimum atomic E-state index is -0.823. The molecule has 0 bridgehead atoms. The first-order valence-electron chi connectivity index (χ1n) is 6.26. The lowest BCUT2D eigenvalue weighted by molar-refractivity contribution is -0.144. The summed E-state index contributed by atoms with van der Waals surface area (Å²) in [6.07, 6.45) is 0.193. The third kappa shape index (κ3) is 4.24. The van der Waals surface area contributed by atoms with Gasteiger partial charge in [-0.05, 0) is 13.0 Å². The maximum atomic E-state index is 11.5. The standard InChI is InChI=1S/C14H19NO5/c1-4-19-14(17)11(15)8-10-6-5-7-12(18-3)13(10)20-9(2)16/h5-7,11H,4,8,15H2,1-3H3. The number of esters is 2. The molecular weight excluding hydrogens is 262 g/mol. The molecule has 6 heteroatoms. The van der Waals surface area contributed by atoms with Gasteiger partial charge in [0.15, 0.2) is 11.5 Å². The zero-order valence-corrected chi connectivity index (χ0v) is 11.8. The number of para-hydroxylation sites is 1. The first-order valence-corrected chi connectivity index (χ1v) is 6.26. The summed E-state index contributed by atoms with van der Waals surface area (Å²) >= 11 is 0. The van der Waals surface area contributed by atoms with Crippen LogP contribution in [0.4, 0.5) is 0 Å². The van der Waals surface area contributed by atoms with Crippen LogP contribution < -0.4 is 15.2 Å². The van der Waals surface area contributed by atoms with Crippen LogP contribution in [0.3, 0.4) is 0 Å². The number of hydrogen-bond acceptors (Lipinski definition) is 6. The van der Waals surface area contributed by atoms with Crippen molar-refractivity contribution < 1.29 is 23.8 Å². The summed E-state index contributed by atoms with van der Waals surface area (Å²) in [5.74, 6) is -0.277. The maximum absolute atomic E-state index is 11.5. The number of hydrogen-bond donors (Lipinski definition) is 1. The zero-order valence-electron chi connectivity index (χ0n) is 11.8. The van der Waals surface area contributed by atoms with Crippen LogP contribution in [0.2, 0.25) is 0 Å². The second-order valence-corrected chi connectivity index (χ2v) is 4.10. The van der Waals surface area contributed by atoms with E-state index in [2.05, 4.69) is 0 Å². The molecule has 1 aromatic rings. The Hall–Kier alpha value is -2.08. The topological polar surface area (TPSA) is 87.8 Å². The lowest BCUT2D eigenvalue weighted by Crippen LogP contribution is -2.34. The van der Waals surface area contributed by atoms with Crippen LogP contribution in [0, 0.1) is 0 Å². The van der Waals surface area contributed by atoms with Crippen molar-refractivity contribution in [2.24, 2.45) is 5.73 Å². The van der Waals surface area contributed by atoms with Gasteiger partial charge in [-0.15, -0.1) is 0 Å². The third-order valence-electron chi connectivity index (χ3n) is 2.56. The molecule has 0 radical (unpaired) electrons. The number of methoxy groups -OCH3 is 1. The molecule has 0 fully saturated rings. The summed E-state index contributed by atoms with van der Waals surface area (Å²) in [4.78, 5) is 22.7. The molecule has 0 spiro atoms. The second kappa shape index (κ2) is 7.49. The van der Waals surface area contributed by atoms with E-state index in [1.165, 1.54) is 14.0 Å². The summed E-state index contributed by atoms with van der Waals surface area (Å²) < 4.78 is 15.1. The van der Waals surface area contributed by atoms with Gasteiger partial charge in [-0.25, -0.2) is 0 Å². The highest BCUT2D eigenvalue weighted by Crippen LogP contribution is 2.32. The molecule has 1 rings (SSSR count). The van der Waals surface area contributed by atoms with Crippen LogP contribution in [-0.2, 0) is 20.7 Å². The molecule has 0 saturated heterocycles. The molecule has 2 N–H and O–H groups in total. The van der Waals surface area contributed by atoms with Crippen molar-refractivity contribution in [1.82, 2.24) is 0 Å². The smallest absolute Gasteiger partial charge is 0.323 e. The first-order chi connectivity index (χ1) is 9.49. The minimum Gasteiger partial charge on any atom is -0.493 e. The molecule has 0 aliphatic heterocycles. The molecule has 1 atom stereocenters. The fourth-order valence-corrected chi connectivity index (χ4v) is 1.71. The lowest BCUT2D eigenvalue weighted by Gasteiger charge is -2.15. The summed E-state index contributed by atoms with van der Waals surface area (Å²) in [5.41, 5.74) is 6.38. The summed E-state index contributed by atoms with van der Waals surface area (Å²) in [5, 5.41) is 0. The third-order valence-corrected chi connectivity index (χ3v) is 2.56. The Balaban J connectivity index is 2.98. The van der Waals surface area contributed by atoms with Crippen molar-refractivity contribution in [3.63, 3.8) is 0 Å². The van der Waals surface area contributed by atoms with Gasteiger partial charge in [-0.3, -0.25) is 9.59 Å². The first kappa shape index (κ1) is 16.0. The van der Waals surface area contributed by atoms with Crippen molar-refractivity contribution in [2.45, 2.75) is 26.3 Å². The highest BCUT2D eigenvalue weighted by Gasteiger charge is 2.20. The zero-order chi connectivity index (χ0) is 15.1. The van der Waals surface area contributed by atoms with Gasteiger partial charge in [0.05, 0.1) is 13.7 Å². The number of nitrogens with two attached hydrogens (primary N) is 1. The van der Waals surface area contributed by atoms with Gasteiger partial charge in [-0.2, -0.15) is 0 Å². The van der Waals surface area contributed by atoms with E-state index in [-0.39, 0.29) is 18.8 Å². The van der Waals surface area contributed by atoms with Crippen molar-refractivity contribution >= 4 is 11.9 Å². The van der Waals surface area contributed by atoms with Crippen LogP contribution in [-0.4, -0.2) is 31.7 Å². The Labute approximate surface area is 117 Å². The molecule has 0 heterocycles. The Kier molecular flexibility index (Phi) is 5.99. The molecule has 0 aromatic heterocycles. The van der Waals surface area contributed by atoms with Crippen LogP contribution in [0.1, 0.15) is 19.4 Å². The second-order valence-electron chi connectivity index (χ2n) is 4.10. The van der Waals surface area contributed by atoms with Crippen molar-refractivity contribution in [3.8, 4) is 11.5 Å². The molecule has 1 unspecified atom stereocenters. The SMILES string of the molecule is CCOC(=O)C(N)Cc1cccc(OC)c1OC(C)=O. The number of ether oxygens (including phenoxy) is 3. The van der Waals surface area contributed by atoms with Gasteiger partial charge < -0.3 is 19.9 Å². The average molecular weight is 281 g/mol. The Bertz CT molecular complexity index is 486. The van der Waals surface area contributed by atoms with Crippen molar-refractivity contribution in [2.75, 3.05) is 13.7 Å². The van der Waals surface area contributed by atoms with E-state index in [1.54, 1.807) is 25.1 Å². The van der Waals surface area contributed by atoms with Gasteiger partial charge >= 0.3 is 11.9 Å². The van der Waals surface area contributed by atoms with E-state index in [0.717, 1.165) is 0 Å². The van der Waals surface area contributed by atoms with Crippen molar-refractivity contribution in [3.05, 3.63) is 23.8 Å². The maximum Gasteiger partial charge on any atom is 0.323 e. The van der Waals surface area contributed by atoms with Gasteiger partial charge in [0.2, 0.25) is 0 Å². The Morgan fingerprint density at radius 3 is 2.60 bits per heavy atom. The quantitative estimate of drug-likeness (QED) is 0.619. The van der Waals surface area contributed by atoms with E-state index in [1.807, 2.05) is 0 Å². The fourth-order valence-electron chi connectivity index (χ4n) is 1.71. The van der Waals surface area contributed by atoms with E-state index >= 15 is 0 Å². The number of carbonyl (C=O) groups excluding carboxylic acids is 2. The molecule has 6 nitrogen and oxygen atoms in total. The molecule has 0 aliphatic rings. The molecule has 110 valence electrons. The van der Waals surface area contributed by atoms with Crippen LogP contribution in [0.15, 0.2) is 18.2 Å². The molecule has 0 amide bonds. The average Bonchev–Trinajstić information content (AvgIpc) is 2.40.